The fourth-order valence-corrected chi connectivity index (χ4v) is 2.80. The molecule has 0 aromatic heterocycles. The lowest BCUT2D eigenvalue weighted by Gasteiger charge is -2.16. The second-order valence-electron chi connectivity index (χ2n) is 3.50. The quantitative estimate of drug-likeness (QED) is 0.359. The molecular formula is C7H11NO6S. The molecule has 2 fully saturated rings. The van der Waals surface area contributed by atoms with Gasteiger partial charge in [-0.25, -0.2) is 0 Å². The van der Waals surface area contributed by atoms with E-state index in [-0.39, 0.29) is 18.0 Å². The number of hydrogen-bond donors (Lipinski definition) is 0. The third kappa shape index (κ3) is 2.03. The van der Waals surface area contributed by atoms with Crippen LogP contribution in [0.2, 0.25) is 0 Å². The molecule has 0 amide bonds. The Labute approximate surface area is 89.0 Å². The minimum atomic E-state index is -1.05. The second kappa shape index (κ2) is 4.12. The third-order valence-corrected chi connectivity index (χ3v) is 3.87. The van der Waals surface area contributed by atoms with Crippen molar-refractivity contribution in [2.45, 2.75) is 23.6 Å². The van der Waals surface area contributed by atoms with E-state index >= 15 is 0 Å². The van der Waals surface area contributed by atoms with Crippen LogP contribution in [0.15, 0.2) is 0 Å². The van der Waals surface area contributed by atoms with E-state index in [2.05, 4.69) is 4.84 Å². The zero-order valence-corrected chi connectivity index (χ0v) is 8.85. The predicted molar refractivity (Wildman–Crippen MR) is 49.2 cm³/mol. The topological polar surface area (TPSA) is 93.9 Å². The van der Waals surface area contributed by atoms with E-state index in [1.165, 1.54) is 0 Å². The molecule has 0 spiro atoms. The second-order valence-corrected chi connectivity index (χ2v) is 5.10. The summed E-state index contributed by atoms with van der Waals surface area (Å²) in [5.41, 5.74) is 0. The number of ether oxygens (including phenoxy) is 2. The van der Waals surface area contributed by atoms with E-state index in [0.717, 1.165) is 0 Å². The summed E-state index contributed by atoms with van der Waals surface area (Å²) >= 11 is -1.05. The van der Waals surface area contributed by atoms with E-state index in [0.29, 0.717) is 6.61 Å². The highest BCUT2D eigenvalue weighted by atomic mass is 32.2. The molecule has 2 rings (SSSR count). The van der Waals surface area contributed by atoms with Gasteiger partial charge in [-0.05, 0) is 11.2 Å². The van der Waals surface area contributed by atoms with Gasteiger partial charge in [0.25, 0.3) is 5.09 Å². The van der Waals surface area contributed by atoms with Crippen molar-refractivity contribution in [2.75, 3.05) is 19.5 Å². The largest absolute Gasteiger partial charge is 0.616 e. The molecule has 0 N–H and O–H groups in total. The monoisotopic (exact) mass is 237 g/mol. The molecule has 15 heavy (non-hydrogen) atoms. The van der Waals surface area contributed by atoms with Gasteiger partial charge in [-0.1, -0.05) is 0 Å². The molecule has 0 saturated carbocycles. The van der Waals surface area contributed by atoms with Gasteiger partial charge in [-0.3, -0.25) is 0 Å². The number of hydrogen-bond acceptors (Lipinski definition) is 6. The Morgan fingerprint density at radius 2 is 2.07 bits per heavy atom. The molecule has 0 bridgehead atoms. The molecule has 2 aliphatic rings. The van der Waals surface area contributed by atoms with Crippen LogP contribution in [0.4, 0.5) is 0 Å². The maximum absolute atomic E-state index is 11.3. The summed E-state index contributed by atoms with van der Waals surface area (Å²) in [4.78, 5) is 14.6. The third-order valence-electron chi connectivity index (χ3n) is 2.61. The summed E-state index contributed by atoms with van der Waals surface area (Å²) in [5.74, 6) is 0. The van der Waals surface area contributed by atoms with Crippen molar-refractivity contribution in [3.63, 3.8) is 0 Å². The van der Waals surface area contributed by atoms with Gasteiger partial charge in [-0.2, -0.15) is 0 Å². The van der Waals surface area contributed by atoms with Crippen LogP contribution in [-0.4, -0.2) is 52.7 Å². The maximum Gasteiger partial charge on any atom is 0.294 e. The Bertz CT molecular complexity index is 262. The van der Waals surface area contributed by atoms with Gasteiger partial charge in [-0.15, -0.1) is 10.1 Å². The van der Waals surface area contributed by atoms with Crippen LogP contribution < -0.4 is 0 Å². The lowest BCUT2D eigenvalue weighted by atomic mass is 10.1. The van der Waals surface area contributed by atoms with Gasteiger partial charge in [0, 0.05) is 0 Å². The Morgan fingerprint density at radius 1 is 1.40 bits per heavy atom. The highest BCUT2D eigenvalue weighted by Crippen LogP contribution is 2.31. The van der Waals surface area contributed by atoms with Gasteiger partial charge < -0.3 is 18.9 Å². The van der Waals surface area contributed by atoms with Crippen LogP contribution >= 0.6 is 0 Å². The number of rotatable bonds is 3. The SMILES string of the molecule is C[S+]([O-])[C@@H]1CO[C@H]2C1OC[C@H]2O[N+](=O)[O-]. The zero-order chi connectivity index (χ0) is 11.0. The van der Waals surface area contributed by atoms with Crippen molar-refractivity contribution in [1.82, 2.24) is 0 Å². The highest BCUT2D eigenvalue weighted by molar-refractivity contribution is 7.91. The Kier molecular flexibility index (Phi) is 3.01. The van der Waals surface area contributed by atoms with Gasteiger partial charge in [0.2, 0.25) is 0 Å². The fourth-order valence-electron chi connectivity index (χ4n) is 1.91. The van der Waals surface area contributed by atoms with E-state index in [1.54, 1.807) is 6.26 Å². The molecule has 2 heterocycles. The standard InChI is InChI=1S/C7H11NO6S/c1-15(11)5-3-13-6-4(14-8(9)10)2-12-7(5)6/h4-7H,2-3H2,1H3/t4-,5-,6-,7?,15?/m1/s1. The van der Waals surface area contributed by atoms with Crippen molar-refractivity contribution in [1.29, 1.82) is 0 Å². The predicted octanol–water partition coefficient (Wildman–Crippen LogP) is -0.892. The van der Waals surface area contributed by atoms with E-state index in [9.17, 15) is 14.7 Å². The van der Waals surface area contributed by atoms with E-state index in [1.807, 2.05) is 0 Å². The summed E-state index contributed by atoms with van der Waals surface area (Å²) in [6.45, 7) is 0.417. The maximum atomic E-state index is 11.3. The minimum absolute atomic E-state index is 0.115. The molecule has 2 aliphatic heterocycles. The molecule has 0 aromatic carbocycles. The van der Waals surface area contributed by atoms with Crippen molar-refractivity contribution in [2.24, 2.45) is 0 Å². The van der Waals surface area contributed by atoms with Crippen molar-refractivity contribution in [3.8, 4) is 0 Å². The van der Waals surface area contributed by atoms with Crippen LogP contribution in [0.3, 0.4) is 0 Å². The average Bonchev–Trinajstić information content (AvgIpc) is 2.66. The molecule has 0 radical (unpaired) electrons. The average molecular weight is 237 g/mol. The smallest absolute Gasteiger partial charge is 0.294 e. The molecule has 0 aliphatic carbocycles. The molecule has 2 saturated heterocycles. The first-order valence-electron chi connectivity index (χ1n) is 4.46. The Balaban J connectivity index is 1.99. The van der Waals surface area contributed by atoms with Crippen molar-refractivity contribution >= 4 is 11.2 Å². The molecule has 86 valence electrons. The summed E-state index contributed by atoms with van der Waals surface area (Å²) in [7, 11) is 0. The molecule has 5 atom stereocenters. The van der Waals surface area contributed by atoms with Gasteiger partial charge >= 0.3 is 0 Å². The molecular weight excluding hydrogens is 226 g/mol. The van der Waals surface area contributed by atoms with Crippen LogP contribution in [0, 0.1) is 10.1 Å². The summed E-state index contributed by atoms with van der Waals surface area (Å²) in [6, 6.07) is 0. The summed E-state index contributed by atoms with van der Waals surface area (Å²) in [5, 5.41) is 9.11. The Hall–Kier alpha value is -0.570. The first-order chi connectivity index (χ1) is 7.09. The molecule has 7 nitrogen and oxygen atoms in total. The molecule has 8 heteroatoms. The van der Waals surface area contributed by atoms with Gasteiger partial charge in [0.1, 0.15) is 12.2 Å². The summed E-state index contributed by atoms with van der Waals surface area (Å²) < 4.78 is 21.9. The van der Waals surface area contributed by atoms with E-state index < -0.39 is 28.5 Å². The number of nitrogens with zero attached hydrogens (tertiary/aromatic N) is 1. The highest BCUT2D eigenvalue weighted by Gasteiger charge is 2.53. The fraction of sp³-hybridized carbons (Fsp3) is 1.00. The summed E-state index contributed by atoms with van der Waals surface area (Å²) in [6.07, 6.45) is 0.0604. The molecule has 0 aromatic rings. The lowest BCUT2D eigenvalue weighted by Crippen LogP contribution is -2.37. The molecule has 2 unspecified atom stereocenters. The first kappa shape index (κ1) is 10.9. The number of fused-ring (bicyclic) bond motifs is 1. The van der Waals surface area contributed by atoms with Crippen LogP contribution in [0.1, 0.15) is 0 Å². The van der Waals surface area contributed by atoms with Crippen molar-refractivity contribution in [3.05, 3.63) is 10.1 Å². The van der Waals surface area contributed by atoms with Crippen LogP contribution in [0.25, 0.3) is 0 Å². The van der Waals surface area contributed by atoms with Gasteiger partial charge in [0.15, 0.2) is 11.4 Å². The Morgan fingerprint density at radius 3 is 2.67 bits per heavy atom. The van der Waals surface area contributed by atoms with Crippen LogP contribution in [0.5, 0.6) is 0 Å². The minimum Gasteiger partial charge on any atom is -0.616 e. The zero-order valence-electron chi connectivity index (χ0n) is 8.03. The van der Waals surface area contributed by atoms with Crippen molar-refractivity contribution < 1.29 is 24.0 Å². The van der Waals surface area contributed by atoms with Gasteiger partial charge in [0.05, 0.1) is 19.5 Å². The normalized spacial score (nSPS) is 41.2. The lowest BCUT2D eigenvalue weighted by molar-refractivity contribution is -0.769. The van der Waals surface area contributed by atoms with E-state index in [4.69, 9.17) is 9.47 Å². The van der Waals surface area contributed by atoms with Crippen LogP contribution in [-0.2, 0) is 25.5 Å². The first-order valence-corrected chi connectivity index (χ1v) is 6.08.